The van der Waals surface area contributed by atoms with E-state index in [-0.39, 0.29) is 19.3 Å². The lowest BCUT2D eigenvalue weighted by atomic mass is 10.0. The van der Waals surface area contributed by atoms with Gasteiger partial charge in [-0.3, -0.25) is 18.6 Å². The summed E-state index contributed by atoms with van der Waals surface area (Å²) >= 11 is 0. The third kappa shape index (κ3) is 38.5. The molecule has 0 aromatic carbocycles. The van der Waals surface area contributed by atoms with Gasteiger partial charge in [0.05, 0.1) is 26.6 Å². The van der Waals surface area contributed by atoms with Crippen molar-refractivity contribution in [2.24, 2.45) is 0 Å². The average molecular weight is 792 g/mol. The van der Waals surface area contributed by atoms with Crippen molar-refractivity contribution in [1.29, 1.82) is 0 Å². The molecule has 0 aliphatic carbocycles. The van der Waals surface area contributed by atoms with Crippen molar-refractivity contribution in [1.82, 2.24) is 0 Å². The molecule has 0 amide bonds. The first-order valence-electron chi connectivity index (χ1n) is 23.4. The fourth-order valence-electron chi connectivity index (χ4n) is 5.45. The highest BCUT2D eigenvalue weighted by Crippen LogP contribution is 2.43. The van der Waals surface area contributed by atoms with Gasteiger partial charge in [0, 0.05) is 12.8 Å². The van der Waals surface area contributed by atoms with Crippen LogP contribution in [-0.2, 0) is 32.7 Å². The van der Waals surface area contributed by atoms with Crippen molar-refractivity contribution in [2.45, 2.75) is 199 Å². The van der Waals surface area contributed by atoms with E-state index >= 15 is 0 Å². The Bertz CT molecular complexity index is 1220. The monoisotopic (exact) mass is 792 g/mol. The highest BCUT2D eigenvalue weighted by atomic mass is 31.2. The molecule has 10 nitrogen and oxygen atoms in total. The Morgan fingerprint density at radius 2 is 1.11 bits per heavy atom. The standard InChI is InChI=1S/C43H79O10P/c1-3-5-7-9-11-13-15-17-19-20-21-23-25-27-29-31-33-35-43(47)53-41(39-52-54(48,49)51-37-40(45)36-44)38-50-42(46)34-32-30-28-26-24-22-18-16-14-12-10-8-6-4-2/h5,7,11,13,17,19,40-41,44-45H,3-4,6,8-10,12,14-16,18,20-39H2,1-2H3,(H,48,49)/b7-5-,13-11-,19-17-/t40?,41-/m1/s1/i38D2,39D2,41D. The van der Waals surface area contributed by atoms with Gasteiger partial charge in [0.2, 0.25) is 0 Å². The Hall–Kier alpha value is -1.81. The van der Waals surface area contributed by atoms with Crippen LogP contribution in [0.3, 0.4) is 0 Å². The number of hydrogen-bond donors (Lipinski definition) is 3. The van der Waals surface area contributed by atoms with Crippen LogP contribution in [0.25, 0.3) is 0 Å². The summed E-state index contributed by atoms with van der Waals surface area (Å²) < 4.78 is 73.5. The van der Waals surface area contributed by atoms with E-state index in [9.17, 15) is 24.2 Å². The zero-order chi connectivity index (χ0) is 44.3. The van der Waals surface area contributed by atoms with Crippen molar-refractivity contribution in [3.63, 3.8) is 0 Å². The molecule has 0 bridgehead atoms. The predicted octanol–water partition coefficient (Wildman–Crippen LogP) is 11.2. The van der Waals surface area contributed by atoms with E-state index in [1.54, 1.807) is 0 Å². The van der Waals surface area contributed by atoms with E-state index in [2.05, 4.69) is 59.4 Å². The van der Waals surface area contributed by atoms with Gasteiger partial charge < -0.3 is 24.6 Å². The van der Waals surface area contributed by atoms with E-state index < -0.39 is 58.3 Å². The van der Waals surface area contributed by atoms with Gasteiger partial charge in [-0.25, -0.2) is 4.57 Å². The summed E-state index contributed by atoms with van der Waals surface area (Å²) in [5.74, 6) is -2.33. The molecule has 0 aromatic rings. The van der Waals surface area contributed by atoms with Gasteiger partial charge in [-0.15, -0.1) is 0 Å². The Morgan fingerprint density at radius 1 is 0.648 bits per heavy atom. The molecule has 0 aliphatic heterocycles. The second kappa shape index (κ2) is 39.4. The van der Waals surface area contributed by atoms with Crippen molar-refractivity contribution in [3.05, 3.63) is 36.5 Å². The van der Waals surface area contributed by atoms with Gasteiger partial charge in [0.15, 0.2) is 6.08 Å². The van der Waals surface area contributed by atoms with E-state index in [4.69, 9.17) is 21.4 Å². The minimum atomic E-state index is -5.50. The zero-order valence-corrected chi connectivity index (χ0v) is 34.6. The summed E-state index contributed by atoms with van der Waals surface area (Å²) in [6.07, 6.45) is 31.9. The first-order chi connectivity index (χ1) is 28.1. The number of phosphoric ester groups is 1. The molecule has 0 aliphatic rings. The average Bonchev–Trinajstić information content (AvgIpc) is 3.17. The van der Waals surface area contributed by atoms with E-state index in [0.717, 1.165) is 83.5 Å². The summed E-state index contributed by atoms with van der Waals surface area (Å²) in [6, 6.07) is 0. The molecule has 11 heteroatoms. The largest absolute Gasteiger partial charge is 0.472 e. The van der Waals surface area contributed by atoms with Crippen LogP contribution < -0.4 is 0 Å². The van der Waals surface area contributed by atoms with Gasteiger partial charge in [0.1, 0.15) is 12.7 Å². The molecule has 0 saturated carbocycles. The number of unbranched alkanes of at least 4 members (excludes halogenated alkanes) is 20. The highest BCUT2D eigenvalue weighted by Gasteiger charge is 2.27. The summed E-state index contributed by atoms with van der Waals surface area (Å²) in [5.41, 5.74) is 0. The molecule has 316 valence electrons. The molecular formula is C43H79O10P. The quantitative estimate of drug-likeness (QED) is 0.0237. The number of esters is 2. The number of phosphoric acid groups is 1. The number of carbonyl (C=O) groups is 2. The summed E-state index contributed by atoms with van der Waals surface area (Å²) in [4.78, 5) is 35.8. The molecule has 0 heterocycles. The normalized spacial score (nSPS) is 16.7. The fourth-order valence-corrected chi connectivity index (χ4v) is 6.06. The summed E-state index contributed by atoms with van der Waals surface area (Å²) in [6.45, 7) is -5.13. The Labute approximate surface area is 336 Å². The zero-order valence-electron chi connectivity index (χ0n) is 38.7. The number of hydrogen-bond acceptors (Lipinski definition) is 9. The van der Waals surface area contributed by atoms with Crippen molar-refractivity contribution >= 4 is 19.8 Å². The smallest absolute Gasteiger partial charge is 0.462 e. The lowest BCUT2D eigenvalue weighted by molar-refractivity contribution is -0.161. The maximum absolute atomic E-state index is 12.9. The topological polar surface area (TPSA) is 149 Å². The van der Waals surface area contributed by atoms with Gasteiger partial charge in [-0.1, -0.05) is 166 Å². The van der Waals surface area contributed by atoms with Crippen LogP contribution >= 0.6 is 7.82 Å². The fraction of sp³-hybridized carbons (Fsp3) is 0.814. The van der Waals surface area contributed by atoms with E-state index in [1.807, 2.05) is 0 Å². The maximum Gasteiger partial charge on any atom is 0.472 e. The minimum Gasteiger partial charge on any atom is -0.462 e. The second-order valence-electron chi connectivity index (χ2n) is 13.8. The van der Waals surface area contributed by atoms with Gasteiger partial charge in [-0.2, -0.15) is 0 Å². The molecule has 0 saturated heterocycles. The molecule has 3 atom stereocenters. The maximum atomic E-state index is 12.9. The second-order valence-corrected chi connectivity index (χ2v) is 15.2. The van der Waals surface area contributed by atoms with Crippen molar-refractivity contribution in [3.8, 4) is 0 Å². The van der Waals surface area contributed by atoms with Crippen LogP contribution in [0.15, 0.2) is 36.5 Å². The molecular weight excluding hydrogens is 707 g/mol. The first-order valence-corrected chi connectivity index (χ1v) is 22.4. The highest BCUT2D eigenvalue weighted by molar-refractivity contribution is 7.47. The third-order valence-corrected chi connectivity index (χ3v) is 9.43. The Kier molecular flexibility index (Phi) is 31.6. The summed E-state index contributed by atoms with van der Waals surface area (Å²) in [5, 5.41) is 18.5. The third-order valence-electron chi connectivity index (χ3n) is 8.63. The van der Waals surface area contributed by atoms with Crippen LogP contribution in [0, 0.1) is 0 Å². The van der Waals surface area contributed by atoms with Crippen LogP contribution in [0.1, 0.15) is 194 Å². The lowest BCUT2D eigenvalue weighted by Crippen LogP contribution is -2.29. The number of carbonyl (C=O) groups excluding carboxylic acids is 2. The number of allylic oxidation sites excluding steroid dienone is 6. The lowest BCUT2D eigenvalue weighted by Gasteiger charge is -2.20. The Balaban J connectivity index is 5.00. The van der Waals surface area contributed by atoms with Crippen LogP contribution in [0.4, 0.5) is 0 Å². The van der Waals surface area contributed by atoms with Gasteiger partial charge in [-0.05, 0) is 44.9 Å². The molecule has 0 spiro atoms. The molecule has 0 radical (unpaired) electrons. The minimum absolute atomic E-state index is 0.252. The van der Waals surface area contributed by atoms with Crippen molar-refractivity contribution in [2.75, 3.05) is 26.3 Å². The first kappa shape index (κ1) is 43.3. The van der Waals surface area contributed by atoms with Crippen LogP contribution in [0.2, 0.25) is 0 Å². The molecule has 2 unspecified atom stereocenters. The molecule has 54 heavy (non-hydrogen) atoms. The van der Waals surface area contributed by atoms with E-state index in [1.165, 1.54) is 51.4 Å². The van der Waals surface area contributed by atoms with Crippen LogP contribution in [0.5, 0.6) is 0 Å². The van der Waals surface area contributed by atoms with Crippen molar-refractivity contribution < 1.29 is 54.6 Å². The number of aliphatic hydroxyl groups is 2. The number of ether oxygens (including phenoxy) is 2. The van der Waals surface area contributed by atoms with Crippen LogP contribution in [-0.4, -0.2) is 65.6 Å². The molecule has 3 N–H and O–H groups in total. The molecule has 0 fully saturated rings. The van der Waals surface area contributed by atoms with E-state index in [0.29, 0.717) is 19.3 Å². The predicted molar refractivity (Wildman–Crippen MR) is 219 cm³/mol. The SMILES string of the molecule is [2H]C([2H])(OC(=O)CCCCCCCCCCCCCCCC)[C@@]([2H])(OC(=O)CCCCCCCCC/C=C\C/C=C\C/C=C\CC)C([2H])([2H])OP(=O)(O)OCC(O)CO. The van der Waals surface area contributed by atoms with Gasteiger partial charge >= 0.3 is 19.8 Å². The molecule has 0 aromatic heterocycles. The number of rotatable bonds is 40. The Morgan fingerprint density at radius 3 is 1.63 bits per heavy atom. The van der Waals surface area contributed by atoms with Gasteiger partial charge in [0.25, 0.3) is 0 Å². The summed E-state index contributed by atoms with van der Waals surface area (Å²) in [7, 11) is -5.50. The molecule has 0 rings (SSSR count). The number of aliphatic hydroxyl groups excluding tert-OH is 2.